The molecule has 2 heterocycles. The number of aromatic nitrogens is 1. The smallest absolute Gasteiger partial charge is 0.407 e. The Morgan fingerprint density at radius 2 is 2.08 bits per heavy atom. The number of ether oxygens (including phenoxy) is 1. The Bertz CT molecular complexity index is 764. The Morgan fingerprint density at radius 1 is 1.32 bits per heavy atom. The first-order chi connectivity index (χ1) is 12.0. The number of hydrogen-bond donors (Lipinski definition) is 1. The molecule has 3 rings (SSSR count). The lowest BCUT2D eigenvalue weighted by Gasteiger charge is -2.29. The van der Waals surface area contributed by atoms with Crippen LogP contribution in [-0.2, 0) is 6.61 Å². The number of amides is 1. The zero-order chi connectivity index (χ0) is 17.8. The molecular formula is C18H18FIN2O3. The van der Waals surface area contributed by atoms with E-state index in [1.807, 2.05) is 18.2 Å². The van der Waals surface area contributed by atoms with Crippen molar-refractivity contribution in [3.05, 3.63) is 57.0 Å². The Labute approximate surface area is 159 Å². The average molecular weight is 456 g/mol. The topological polar surface area (TPSA) is 62.7 Å². The van der Waals surface area contributed by atoms with Gasteiger partial charge in [0.25, 0.3) is 0 Å². The summed E-state index contributed by atoms with van der Waals surface area (Å²) in [5.74, 6) is 0.384. The molecule has 1 fully saturated rings. The van der Waals surface area contributed by atoms with Crippen LogP contribution in [0.4, 0.5) is 9.18 Å². The van der Waals surface area contributed by atoms with Gasteiger partial charge in [-0.25, -0.2) is 14.2 Å². The van der Waals surface area contributed by atoms with Gasteiger partial charge in [0.05, 0.1) is 0 Å². The Kier molecular flexibility index (Phi) is 5.72. The first-order valence-electron chi connectivity index (χ1n) is 8.04. The summed E-state index contributed by atoms with van der Waals surface area (Å²) in [6, 6.07) is 10.6. The Morgan fingerprint density at radius 3 is 2.76 bits per heavy atom. The van der Waals surface area contributed by atoms with Crippen molar-refractivity contribution >= 4 is 28.7 Å². The third-order valence-corrected chi connectivity index (χ3v) is 4.99. The molecule has 132 valence electrons. The lowest BCUT2D eigenvalue weighted by atomic mass is 9.93. The number of carboxylic acid groups (broad SMARTS) is 1. The molecule has 0 aliphatic carbocycles. The molecule has 1 aliphatic rings. The maximum absolute atomic E-state index is 13.9. The summed E-state index contributed by atoms with van der Waals surface area (Å²) < 4.78 is 20.4. The lowest BCUT2D eigenvalue weighted by Crippen LogP contribution is -2.36. The molecule has 0 unspecified atom stereocenters. The van der Waals surface area contributed by atoms with Crippen LogP contribution in [0.1, 0.15) is 30.0 Å². The molecule has 2 aromatic rings. The summed E-state index contributed by atoms with van der Waals surface area (Å²) in [7, 11) is 0. The van der Waals surface area contributed by atoms with Crippen LogP contribution in [0.15, 0.2) is 36.4 Å². The van der Waals surface area contributed by atoms with E-state index in [0.29, 0.717) is 24.5 Å². The molecule has 1 amide bonds. The van der Waals surface area contributed by atoms with Gasteiger partial charge in [0.15, 0.2) is 0 Å². The predicted molar refractivity (Wildman–Crippen MR) is 99.3 cm³/mol. The van der Waals surface area contributed by atoms with Gasteiger partial charge in [0.2, 0.25) is 5.88 Å². The molecule has 1 N–H and O–H groups in total. The SMILES string of the molecule is O=C(O)N1CCC(c2cccc(OCc3ccc(I)cc3F)n2)CC1. The number of likely N-dealkylation sites (tertiary alicyclic amines) is 1. The first-order valence-corrected chi connectivity index (χ1v) is 9.12. The molecule has 25 heavy (non-hydrogen) atoms. The maximum Gasteiger partial charge on any atom is 0.407 e. The van der Waals surface area contributed by atoms with Crippen molar-refractivity contribution in [1.82, 2.24) is 9.88 Å². The van der Waals surface area contributed by atoms with Crippen molar-refractivity contribution < 1.29 is 19.0 Å². The van der Waals surface area contributed by atoms with E-state index in [0.717, 1.165) is 22.1 Å². The van der Waals surface area contributed by atoms with Gasteiger partial charge in [-0.05, 0) is 53.6 Å². The van der Waals surface area contributed by atoms with Crippen molar-refractivity contribution in [2.45, 2.75) is 25.4 Å². The largest absolute Gasteiger partial charge is 0.473 e. The van der Waals surface area contributed by atoms with Gasteiger partial charge in [0, 0.05) is 39.9 Å². The number of piperidine rings is 1. The monoisotopic (exact) mass is 456 g/mol. The van der Waals surface area contributed by atoms with E-state index in [4.69, 9.17) is 9.84 Å². The molecule has 0 atom stereocenters. The summed E-state index contributed by atoms with van der Waals surface area (Å²) in [6.07, 6.45) is 0.617. The van der Waals surface area contributed by atoms with Gasteiger partial charge in [-0.15, -0.1) is 0 Å². The minimum Gasteiger partial charge on any atom is -0.473 e. The van der Waals surface area contributed by atoms with Crippen LogP contribution in [0.5, 0.6) is 5.88 Å². The van der Waals surface area contributed by atoms with E-state index in [9.17, 15) is 9.18 Å². The average Bonchev–Trinajstić information content (AvgIpc) is 2.61. The molecule has 0 saturated carbocycles. The minimum atomic E-state index is -0.872. The second-order valence-corrected chi connectivity index (χ2v) is 7.21. The third kappa shape index (κ3) is 4.59. The van der Waals surface area contributed by atoms with Gasteiger partial charge in [-0.1, -0.05) is 12.1 Å². The number of halogens is 2. The van der Waals surface area contributed by atoms with Crippen molar-refractivity contribution in [1.29, 1.82) is 0 Å². The fourth-order valence-electron chi connectivity index (χ4n) is 2.90. The predicted octanol–water partition coefficient (Wildman–Crippen LogP) is 4.26. The number of nitrogens with zero attached hydrogens (tertiary/aromatic N) is 2. The van der Waals surface area contributed by atoms with Crippen LogP contribution in [0.2, 0.25) is 0 Å². The van der Waals surface area contributed by atoms with Crippen LogP contribution < -0.4 is 4.74 Å². The van der Waals surface area contributed by atoms with Crippen molar-refractivity contribution in [3.8, 4) is 5.88 Å². The first kappa shape index (κ1) is 17.9. The quantitative estimate of drug-likeness (QED) is 0.699. The number of carbonyl (C=O) groups is 1. The lowest BCUT2D eigenvalue weighted by molar-refractivity contribution is 0.131. The summed E-state index contributed by atoms with van der Waals surface area (Å²) in [4.78, 5) is 16.9. The summed E-state index contributed by atoms with van der Waals surface area (Å²) in [6.45, 7) is 1.15. The maximum atomic E-state index is 13.9. The number of benzene rings is 1. The molecular weight excluding hydrogens is 438 g/mol. The molecule has 1 aromatic carbocycles. The summed E-state index contributed by atoms with van der Waals surface area (Å²) in [5, 5.41) is 9.02. The Balaban J connectivity index is 1.63. The van der Waals surface area contributed by atoms with Crippen LogP contribution >= 0.6 is 22.6 Å². The van der Waals surface area contributed by atoms with Gasteiger partial charge < -0.3 is 14.7 Å². The van der Waals surface area contributed by atoms with Crippen LogP contribution in [0.3, 0.4) is 0 Å². The van der Waals surface area contributed by atoms with E-state index in [1.165, 1.54) is 11.0 Å². The molecule has 1 aromatic heterocycles. The fourth-order valence-corrected chi connectivity index (χ4v) is 3.35. The van der Waals surface area contributed by atoms with Crippen LogP contribution in [-0.4, -0.2) is 34.2 Å². The Hall–Kier alpha value is -1.90. The van der Waals surface area contributed by atoms with Gasteiger partial charge in [0.1, 0.15) is 12.4 Å². The van der Waals surface area contributed by atoms with Crippen LogP contribution in [0, 0.1) is 9.39 Å². The summed E-state index contributed by atoms with van der Waals surface area (Å²) in [5.41, 5.74) is 1.38. The van der Waals surface area contributed by atoms with E-state index >= 15 is 0 Å². The molecule has 5 nitrogen and oxygen atoms in total. The molecule has 1 aliphatic heterocycles. The molecule has 0 spiro atoms. The minimum absolute atomic E-state index is 0.122. The van der Waals surface area contributed by atoms with Gasteiger partial charge in [-0.2, -0.15) is 0 Å². The standard InChI is InChI=1S/C18H18FIN2O3/c19-15-10-14(20)5-4-13(15)11-25-17-3-1-2-16(21-17)12-6-8-22(9-7-12)18(23)24/h1-5,10,12H,6-9,11H2,(H,23,24). The second kappa shape index (κ2) is 7.99. The van der Waals surface area contributed by atoms with E-state index in [2.05, 4.69) is 27.6 Å². The van der Waals surface area contributed by atoms with E-state index < -0.39 is 6.09 Å². The van der Waals surface area contributed by atoms with Crippen molar-refractivity contribution in [2.75, 3.05) is 13.1 Å². The number of hydrogen-bond acceptors (Lipinski definition) is 3. The number of rotatable bonds is 4. The molecule has 0 bridgehead atoms. The van der Waals surface area contributed by atoms with Crippen LogP contribution in [0.25, 0.3) is 0 Å². The zero-order valence-corrected chi connectivity index (χ0v) is 15.6. The van der Waals surface area contributed by atoms with E-state index in [-0.39, 0.29) is 18.3 Å². The second-order valence-electron chi connectivity index (χ2n) is 5.97. The normalized spacial score (nSPS) is 15.2. The highest BCUT2D eigenvalue weighted by Crippen LogP contribution is 2.28. The molecule has 1 saturated heterocycles. The highest BCUT2D eigenvalue weighted by molar-refractivity contribution is 14.1. The molecule has 7 heteroatoms. The zero-order valence-electron chi connectivity index (χ0n) is 13.5. The van der Waals surface area contributed by atoms with E-state index in [1.54, 1.807) is 12.1 Å². The van der Waals surface area contributed by atoms with Gasteiger partial charge >= 0.3 is 6.09 Å². The fraction of sp³-hybridized carbons (Fsp3) is 0.333. The van der Waals surface area contributed by atoms with Crippen molar-refractivity contribution in [2.24, 2.45) is 0 Å². The highest BCUT2D eigenvalue weighted by atomic mass is 127. The number of pyridine rings is 1. The summed E-state index contributed by atoms with van der Waals surface area (Å²) >= 11 is 2.06. The highest BCUT2D eigenvalue weighted by Gasteiger charge is 2.24. The van der Waals surface area contributed by atoms with Gasteiger partial charge in [-0.3, -0.25) is 0 Å². The molecule has 0 radical (unpaired) electrons. The van der Waals surface area contributed by atoms with Crippen molar-refractivity contribution in [3.63, 3.8) is 0 Å². The third-order valence-electron chi connectivity index (χ3n) is 4.32.